The van der Waals surface area contributed by atoms with Crippen LogP contribution in [-0.4, -0.2) is 22.6 Å². The lowest BCUT2D eigenvalue weighted by Crippen LogP contribution is -2.28. The quantitative estimate of drug-likeness (QED) is 0.512. The summed E-state index contributed by atoms with van der Waals surface area (Å²) in [7, 11) is 0. The number of nitrogens with zero attached hydrogens (tertiary/aromatic N) is 1. The van der Waals surface area contributed by atoms with Crippen molar-refractivity contribution >= 4 is 16.6 Å². The zero-order valence-electron chi connectivity index (χ0n) is 11.0. The van der Waals surface area contributed by atoms with Crippen LogP contribution < -0.4 is 11.0 Å². The van der Waals surface area contributed by atoms with Crippen molar-refractivity contribution in [3.63, 3.8) is 0 Å². The van der Waals surface area contributed by atoms with E-state index in [0.717, 1.165) is 18.2 Å². The lowest BCUT2D eigenvalue weighted by molar-refractivity contribution is -0.549. The number of halogens is 6. The molecular formula is C12H8F6N3O2+. The molecule has 1 aromatic heterocycles. The molecule has 23 heavy (non-hydrogen) atoms. The second-order valence-corrected chi connectivity index (χ2v) is 4.57. The number of anilines is 1. The molecule has 0 fully saturated rings. The van der Waals surface area contributed by atoms with Crippen LogP contribution in [0.25, 0.3) is 10.9 Å². The molecule has 0 amide bonds. The molecule has 0 aliphatic rings. The minimum Gasteiger partial charge on any atom is -0.322 e. The Balaban J connectivity index is 2.44. The lowest BCUT2D eigenvalue weighted by atomic mass is 10.1. The first kappa shape index (κ1) is 16.8. The number of hydrogen-bond acceptors (Lipinski definition) is 2. The van der Waals surface area contributed by atoms with Crippen LogP contribution in [0.2, 0.25) is 0 Å². The first-order valence-electron chi connectivity index (χ1n) is 5.98. The zero-order chi connectivity index (χ0) is 17.4. The van der Waals surface area contributed by atoms with Crippen LogP contribution in [-0.2, 0) is 6.18 Å². The van der Waals surface area contributed by atoms with Gasteiger partial charge in [-0.2, -0.15) is 26.3 Å². The molecule has 0 radical (unpaired) electrons. The van der Waals surface area contributed by atoms with Gasteiger partial charge in [0, 0.05) is 17.0 Å². The highest BCUT2D eigenvalue weighted by atomic mass is 19.4. The Morgan fingerprint density at radius 1 is 1.09 bits per heavy atom. The van der Waals surface area contributed by atoms with Crippen molar-refractivity contribution in [1.29, 1.82) is 0 Å². The lowest BCUT2D eigenvalue weighted by Gasteiger charge is -2.10. The zero-order valence-corrected chi connectivity index (χ0v) is 11.0. The molecule has 0 saturated heterocycles. The molecule has 2 rings (SSSR count). The van der Waals surface area contributed by atoms with Crippen LogP contribution in [0.15, 0.2) is 29.1 Å². The van der Waals surface area contributed by atoms with Crippen LogP contribution in [0.4, 0.5) is 32.0 Å². The molecular weight excluding hydrogens is 332 g/mol. The minimum atomic E-state index is -4.84. The number of hydrogen-bond donors (Lipinski definition) is 2. The van der Waals surface area contributed by atoms with E-state index >= 15 is 0 Å². The molecule has 124 valence electrons. The number of nitroso groups, excluding NO2 is 1. The van der Waals surface area contributed by atoms with E-state index < -0.39 is 40.3 Å². The maximum absolute atomic E-state index is 12.9. The molecule has 1 heterocycles. The van der Waals surface area contributed by atoms with Crippen molar-refractivity contribution in [2.75, 3.05) is 12.0 Å². The first-order chi connectivity index (χ1) is 10.5. The molecule has 5 nitrogen and oxygen atoms in total. The second kappa shape index (κ2) is 5.56. The van der Waals surface area contributed by atoms with Gasteiger partial charge in [0.05, 0.1) is 10.5 Å². The molecule has 0 bridgehead atoms. The molecule has 2 N–H and O–H groups in total. The van der Waals surface area contributed by atoms with E-state index in [2.05, 4.69) is 4.98 Å². The van der Waals surface area contributed by atoms with Crippen molar-refractivity contribution in [3.05, 3.63) is 45.1 Å². The van der Waals surface area contributed by atoms with Gasteiger partial charge in [0.1, 0.15) is 10.6 Å². The molecule has 2 aromatic rings. The third kappa shape index (κ3) is 4.20. The number of hydrazine groups is 1. The Hall–Kier alpha value is -2.59. The highest BCUT2D eigenvalue weighted by Gasteiger charge is 2.38. The number of pyridine rings is 1. The number of alkyl halides is 6. The van der Waals surface area contributed by atoms with E-state index in [1.807, 2.05) is 0 Å². The predicted molar refractivity (Wildman–Crippen MR) is 67.7 cm³/mol. The van der Waals surface area contributed by atoms with Gasteiger partial charge >= 0.3 is 18.9 Å². The van der Waals surface area contributed by atoms with Gasteiger partial charge < -0.3 is 4.98 Å². The molecule has 11 heteroatoms. The van der Waals surface area contributed by atoms with E-state index in [4.69, 9.17) is 0 Å². The summed E-state index contributed by atoms with van der Waals surface area (Å²) < 4.78 is 74.9. The number of rotatable bonds is 3. The summed E-state index contributed by atoms with van der Waals surface area (Å²) in [6, 6.07) is 3.28. The van der Waals surface area contributed by atoms with Gasteiger partial charge in [-0.15, -0.1) is 5.43 Å². The number of benzene rings is 1. The van der Waals surface area contributed by atoms with Crippen LogP contribution >= 0.6 is 0 Å². The monoisotopic (exact) mass is 340 g/mol. The van der Waals surface area contributed by atoms with Gasteiger partial charge in [0.15, 0.2) is 0 Å². The van der Waals surface area contributed by atoms with Crippen LogP contribution in [0.5, 0.6) is 0 Å². The maximum atomic E-state index is 12.9. The fourth-order valence-corrected chi connectivity index (χ4v) is 1.90. The fraction of sp³-hybridized carbons (Fsp3) is 0.250. The fourth-order valence-electron chi connectivity index (χ4n) is 1.90. The SMILES string of the molecule is O=c1cc(C(F)(F)F)c2cc(N[N+](=O)CC(F)(F)F)ccc2[nH]1. The van der Waals surface area contributed by atoms with Crippen LogP contribution in [0.1, 0.15) is 5.56 Å². The molecule has 1 aromatic carbocycles. The third-order valence-corrected chi connectivity index (χ3v) is 2.73. The van der Waals surface area contributed by atoms with E-state index in [0.29, 0.717) is 6.07 Å². The van der Waals surface area contributed by atoms with Crippen molar-refractivity contribution in [2.24, 2.45) is 0 Å². The molecule has 0 atom stereocenters. The smallest absolute Gasteiger partial charge is 0.322 e. The summed E-state index contributed by atoms with van der Waals surface area (Å²) in [6.45, 7) is -1.84. The topological polar surface area (TPSA) is 65.0 Å². The Kier molecular flexibility index (Phi) is 4.05. The summed E-state index contributed by atoms with van der Waals surface area (Å²) in [5.74, 6) is 0. The van der Waals surface area contributed by atoms with Crippen LogP contribution in [0, 0.1) is 4.91 Å². The maximum Gasteiger partial charge on any atom is 0.456 e. The first-order valence-corrected chi connectivity index (χ1v) is 5.98. The normalized spacial score (nSPS) is 12.4. The van der Waals surface area contributed by atoms with Crippen molar-refractivity contribution in [1.82, 2.24) is 4.98 Å². The van der Waals surface area contributed by atoms with Crippen molar-refractivity contribution < 1.29 is 31.2 Å². The van der Waals surface area contributed by atoms with Crippen LogP contribution in [0.3, 0.4) is 0 Å². The molecule has 0 saturated carbocycles. The largest absolute Gasteiger partial charge is 0.456 e. The standard InChI is InChI=1S/C12H7F6N3O2/c13-11(14,15)5-21(23)20-6-1-2-9-7(3-6)8(12(16,17)18)4-10(22)19-9/h1-4H,5H2,(H-,19,20,22,23)/p+1. The molecule has 0 unspecified atom stereocenters. The van der Waals surface area contributed by atoms with Crippen molar-refractivity contribution in [2.45, 2.75) is 12.4 Å². The Bertz CT molecular complexity index is 809. The van der Waals surface area contributed by atoms with E-state index in [-0.39, 0.29) is 11.2 Å². The molecule has 0 aliphatic carbocycles. The number of aromatic amines is 1. The predicted octanol–water partition coefficient (Wildman–Crippen LogP) is 3.22. The number of aromatic nitrogens is 1. The van der Waals surface area contributed by atoms with Crippen molar-refractivity contribution in [3.8, 4) is 0 Å². The Morgan fingerprint density at radius 3 is 2.30 bits per heavy atom. The highest BCUT2D eigenvalue weighted by molar-refractivity contribution is 5.85. The van der Waals surface area contributed by atoms with Gasteiger partial charge in [-0.25, -0.2) is 0 Å². The highest BCUT2D eigenvalue weighted by Crippen LogP contribution is 2.34. The summed E-state index contributed by atoms with van der Waals surface area (Å²) in [5, 5.41) is -0.456. The van der Waals surface area contributed by atoms with Gasteiger partial charge in [-0.3, -0.25) is 4.79 Å². The van der Waals surface area contributed by atoms with E-state index in [1.54, 1.807) is 5.43 Å². The third-order valence-electron chi connectivity index (χ3n) is 2.73. The molecule has 0 spiro atoms. The number of H-pyrrole nitrogens is 1. The molecule has 0 aliphatic heterocycles. The summed E-state index contributed by atoms with van der Waals surface area (Å²) >= 11 is 0. The summed E-state index contributed by atoms with van der Waals surface area (Å²) in [5.41, 5.74) is -0.899. The number of fused-ring (bicyclic) bond motifs is 1. The summed E-state index contributed by atoms with van der Waals surface area (Å²) in [6.07, 6.45) is -9.61. The average molecular weight is 340 g/mol. The minimum absolute atomic E-state index is 0.163. The van der Waals surface area contributed by atoms with Gasteiger partial charge in [-0.1, -0.05) is 0 Å². The number of nitrogens with one attached hydrogen (secondary N) is 2. The average Bonchev–Trinajstić information content (AvgIpc) is 2.34. The van der Waals surface area contributed by atoms with Gasteiger partial charge in [0.2, 0.25) is 5.56 Å². The Labute approximate surface area is 123 Å². The summed E-state index contributed by atoms with van der Waals surface area (Å²) in [4.78, 5) is 23.9. The Morgan fingerprint density at radius 2 is 1.74 bits per heavy atom. The second-order valence-electron chi connectivity index (χ2n) is 4.57. The van der Waals surface area contributed by atoms with Gasteiger partial charge in [0.25, 0.3) is 0 Å². The van der Waals surface area contributed by atoms with E-state index in [1.165, 1.54) is 0 Å². The van der Waals surface area contributed by atoms with E-state index in [9.17, 15) is 36.0 Å². The van der Waals surface area contributed by atoms with Gasteiger partial charge in [-0.05, 0) is 18.2 Å².